The lowest BCUT2D eigenvalue weighted by molar-refractivity contribution is 0.201. The average Bonchev–Trinajstić information content (AvgIpc) is 3.10. The summed E-state index contributed by atoms with van der Waals surface area (Å²) in [7, 11) is 1.63. The van der Waals surface area contributed by atoms with Gasteiger partial charge >= 0.3 is 0 Å². The van der Waals surface area contributed by atoms with Crippen LogP contribution in [0.1, 0.15) is 36.8 Å². The maximum absolute atomic E-state index is 9.45. The molecule has 0 aromatic heterocycles. The van der Waals surface area contributed by atoms with Crippen molar-refractivity contribution in [1.82, 2.24) is 0 Å². The van der Waals surface area contributed by atoms with E-state index in [-0.39, 0.29) is 6.10 Å². The zero-order valence-electron chi connectivity index (χ0n) is 13.2. The summed E-state index contributed by atoms with van der Waals surface area (Å²) in [5, 5.41) is 12.9. The molecule has 1 saturated carbocycles. The lowest BCUT2D eigenvalue weighted by Crippen LogP contribution is -2.12. The summed E-state index contributed by atoms with van der Waals surface area (Å²) < 4.78 is 11.5. The third kappa shape index (κ3) is 3.47. The molecule has 4 nitrogen and oxygen atoms in total. The Kier molecular flexibility index (Phi) is 4.81. The van der Waals surface area contributed by atoms with Crippen molar-refractivity contribution in [2.45, 2.75) is 31.8 Å². The Bertz CT molecular complexity index is 676. The smallest absolute Gasteiger partial charge is 0.162 e. The zero-order chi connectivity index (χ0) is 16.1. The molecule has 0 aliphatic heterocycles. The quantitative estimate of drug-likeness (QED) is 0.510. The number of nitrogens with zero attached hydrogens (tertiary/aromatic N) is 1. The fourth-order valence-corrected chi connectivity index (χ4v) is 2.98. The van der Waals surface area contributed by atoms with Crippen molar-refractivity contribution in [3.05, 3.63) is 59.7 Å². The van der Waals surface area contributed by atoms with Crippen LogP contribution in [0, 0.1) is 0 Å². The standard InChI is InChI=1S/C19H21NO3/c1-22-17-12-11-15(13-18(17)23-16-9-5-6-10-16)19(20-21)14-7-3-2-4-8-14/h2-4,7-8,11-13,16,21H,5-6,9-10H2,1H3. The molecule has 1 aliphatic rings. The van der Waals surface area contributed by atoms with Crippen LogP contribution in [0.2, 0.25) is 0 Å². The molecule has 1 aliphatic carbocycles. The van der Waals surface area contributed by atoms with Gasteiger partial charge in [0.15, 0.2) is 11.5 Å². The highest BCUT2D eigenvalue weighted by Gasteiger charge is 2.19. The van der Waals surface area contributed by atoms with Crippen LogP contribution in [0.4, 0.5) is 0 Å². The van der Waals surface area contributed by atoms with Crippen LogP contribution >= 0.6 is 0 Å². The number of methoxy groups -OCH3 is 1. The van der Waals surface area contributed by atoms with Crippen LogP contribution < -0.4 is 9.47 Å². The van der Waals surface area contributed by atoms with Gasteiger partial charge in [-0.3, -0.25) is 0 Å². The van der Waals surface area contributed by atoms with E-state index in [1.165, 1.54) is 12.8 Å². The van der Waals surface area contributed by atoms with E-state index in [9.17, 15) is 5.21 Å². The van der Waals surface area contributed by atoms with Gasteiger partial charge in [-0.05, 0) is 43.9 Å². The fraction of sp³-hybridized carbons (Fsp3) is 0.316. The number of hydrogen-bond acceptors (Lipinski definition) is 4. The molecule has 120 valence electrons. The van der Waals surface area contributed by atoms with Gasteiger partial charge in [-0.15, -0.1) is 0 Å². The van der Waals surface area contributed by atoms with Crippen molar-refractivity contribution in [3.63, 3.8) is 0 Å². The molecule has 0 amide bonds. The van der Waals surface area contributed by atoms with Crippen LogP contribution in [0.25, 0.3) is 0 Å². The maximum atomic E-state index is 9.45. The number of rotatable bonds is 5. The van der Waals surface area contributed by atoms with E-state index in [1.54, 1.807) is 7.11 Å². The van der Waals surface area contributed by atoms with Gasteiger partial charge in [-0.2, -0.15) is 0 Å². The van der Waals surface area contributed by atoms with Crippen LogP contribution in [-0.2, 0) is 0 Å². The molecule has 0 heterocycles. The Morgan fingerprint density at radius 3 is 2.39 bits per heavy atom. The van der Waals surface area contributed by atoms with Crippen LogP contribution in [0.3, 0.4) is 0 Å². The van der Waals surface area contributed by atoms with Crippen LogP contribution in [0.15, 0.2) is 53.7 Å². The van der Waals surface area contributed by atoms with E-state index in [1.807, 2.05) is 48.5 Å². The third-order valence-electron chi connectivity index (χ3n) is 4.18. The molecule has 3 rings (SSSR count). The second-order valence-corrected chi connectivity index (χ2v) is 5.70. The second-order valence-electron chi connectivity index (χ2n) is 5.70. The minimum absolute atomic E-state index is 0.241. The van der Waals surface area contributed by atoms with E-state index in [4.69, 9.17) is 9.47 Å². The molecular formula is C19H21NO3. The highest BCUT2D eigenvalue weighted by Crippen LogP contribution is 2.33. The van der Waals surface area contributed by atoms with Crippen molar-refractivity contribution >= 4 is 5.71 Å². The SMILES string of the molecule is COc1ccc(C(=NO)c2ccccc2)cc1OC1CCCC1. The van der Waals surface area contributed by atoms with Crippen LogP contribution in [-0.4, -0.2) is 24.1 Å². The van der Waals surface area contributed by atoms with Gasteiger partial charge in [0.05, 0.1) is 13.2 Å². The Hall–Kier alpha value is -2.49. The Balaban J connectivity index is 1.93. The third-order valence-corrected chi connectivity index (χ3v) is 4.18. The molecular weight excluding hydrogens is 290 g/mol. The first kappa shape index (κ1) is 15.4. The lowest BCUT2D eigenvalue weighted by Gasteiger charge is -2.17. The number of ether oxygens (including phenoxy) is 2. The summed E-state index contributed by atoms with van der Waals surface area (Å²) in [6, 6.07) is 15.2. The van der Waals surface area contributed by atoms with E-state index < -0.39 is 0 Å². The fourth-order valence-electron chi connectivity index (χ4n) is 2.98. The van der Waals surface area contributed by atoms with E-state index >= 15 is 0 Å². The number of oxime groups is 1. The van der Waals surface area contributed by atoms with Gasteiger partial charge < -0.3 is 14.7 Å². The maximum Gasteiger partial charge on any atom is 0.162 e. The Morgan fingerprint density at radius 1 is 1.00 bits per heavy atom. The minimum atomic E-state index is 0.241. The molecule has 0 radical (unpaired) electrons. The summed E-state index contributed by atoms with van der Waals surface area (Å²) in [4.78, 5) is 0. The van der Waals surface area contributed by atoms with E-state index in [0.717, 1.165) is 24.0 Å². The first-order valence-electron chi connectivity index (χ1n) is 7.94. The monoisotopic (exact) mass is 311 g/mol. The highest BCUT2D eigenvalue weighted by atomic mass is 16.5. The predicted molar refractivity (Wildman–Crippen MR) is 89.7 cm³/mol. The summed E-state index contributed by atoms with van der Waals surface area (Å²) in [6.07, 6.45) is 4.81. The molecule has 2 aromatic carbocycles. The molecule has 1 fully saturated rings. The number of benzene rings is 2. The predicted octanol–water partition coefficient (Wildman–Crippen LogP) is 4.24. The van der Waals surface area contributed by atoms with Crippen molar-refractivity contribution in [2.75, 3.05) is 7.11 Å². The molecule has 0 unspecified atom stereocenters. The molecule has 1 N–H and O–H groups in total. The Morgan fingerprint density at radius 2 is 1.74 bits per heavy atom. The summed E-state index contributed by atoms with van der Waals surface area (Å²) in [5.74, 6) is 1.40. The van der Waals surface area contributed by atoms with Gasteiger partial charge in [0.2, 0.25) is 0 Å². The van der Waals surface area contributed by atoms with E-state index in [0.29, 0.717) is 17.2 Å². The molecule has 0 bridgehead atoms. The molecule has 23 heavy (non-hydrogen) atoms. The molecule has 4 heteroatoms. The summed E-state index contributed by atoms with van der Waals surface area (Å²) >= 11 is 0. The van der Waals surface area contributed by atoms with Gasteiger partial charge in [-0.25, -0.2) is 0 Å². The van der Waals surface area contributed by atoms with Crippen molar-refractivity contribution in [1.29, 1.82) is 0 Å². The van der Waals surface area contributed by atoms with Crippen molar-refractivity contribution in [2.24, 2.45) is 5.16 Å². The van der Waals surface area contributed by atoms with Gasteiger partial charge in [0.1, 0.15) is 5.71 Å². The minimum Gasteiger partial charge on any atom is -0.493 e. The zero-order valence-corrected chi connectivity index (χ0v) is 13.2. The van der Waals surface area contributed by atoms with Gasteiger partial charge in [0, 0.05) is 11.1 Å². The molecule has 0 spiro atoms. The van der Waals surface area contributed by atoms with Crippen molar-refractivity contribution in [3.8, 4) is 11.5 Å². The summed E-state index contributed by atoms with van der Waals surface area (Å²) in [6.45, 7) is 0. The second kappa shape index (κ2) is 7.18. The first-order chi connectivity index (χ1) is 11.3. The first-order valence-corrected chi connectivity index (χ1v) is 7.94. The molecule has 0 atom stereocenters. The normalized spacial score (nSPS) is 15.6. The topological polar surface area (TPSA) is 51.0 Å². The van der Waals surface area contributed by atoms with Gasteiger partial charge in [-0.1, -0.05) is 35.5 Å². The van der Waals surface area contributed by atoms with Crippen LogP contribution in [0.5, 0.6) is 11.5 Å². The highest BCUT2D eigenvalue weighted by molar-refractivity contribution is 6.12. The van der Waals surface area contributed by atoms with Crippen molar-refractivity contribution < 1.29 is 14.7 Å². The molecule has 0 saturated heterocycles. The van der Waals surface area contributed by atoms with Gasteiger partial charge in [0.25, 0.3) is 0 Å². The largest absolute Gasteiger partial charge is 0.493 e. The molecule has 2 aromatic rings. The summed E-state index contributed by atoms with van der Waals surface area (Å²) in [5.41, 5.74) is 2.17. The van der Waals surface area contributed by atoms with E-state index in [2.05, 4.69) is 5.16 Å². The lowest BCUT2D eigenvalue weighted by atomic mass is 10.0. The number of hydrogen-bond donors (Lipinski definition) is 1. The Labute approximate surface area is 136 Å². The average molecular weight is 311 g/mol.